The van der Waals surface area contributed by atoms with E-state index in [0.29, 0.717) is 22.9 Å². The number of benzene rings is 1. The summed E-state index contributed by atoms with van der Waals surface area (Å²) >= 11 is 1.35. The lowest BCUT2D eigenvalue weighted by Gasteiger charge is -2.13. The molecule has 1 aromatic carbocycles. The Bertz CT molecular complexity index is 916. The van der Waals surface area contributed by atoms with Gasteiger partial charge >= 0.3 is 0 Å². The van der Waals surface area contributed by atoms with Gasteiger partial charge in [0.25, 0.3) is 11.1 Å². The van der Waals surface area contributed by atoms with Gasteiger partial charge in [0, 0.05) is 14.1 Å². The van der Waals surface area contributed by atoms with Crippen LogP contribution in [0, 0.1) is 6.92 Å². The van der Waals surface area contributed by atoms with Crippen molar-refractivity contribution in [2.24, 2.45) is 0 Å². The molecule has 0 saturated heterocycles. The molecule has 0 saturated carbocycles. The van der Waals surface area contributed by atoms with Crippen LogP contribution in [-0.4, -0.2) is 39.2 Å². The molecule has 0 aliphatic rings. The lowest BCUT2D eigenvalue weighted by atomic mass is 10.2. The number of nitrogens with two attached hydrogens (primary N) is 1. The highest BCUT2D eigenvalue weighted by molar-refractivity contribution is 7.99. The number of hydrogen-bond acceptors (Lipinski definition) is 10. The first-order valence-electron chi connectivity index (χ1n) is 8.28. The highest BCUT2D eigenvalue weighted by Gasteiger charge is 2.18. The van der Waals surface area contributed by atoms with Crippen LogP contribution in [0.15, 0.2) is 33.9 Å². The molecule has 0 fully saturated rings. The van der Waals surface area contributed by atoms with Crippen LogP contribution in [0.1, 0.15) is 29.5 Å². The zero-order valence-corrected chi connectivity index (χ0v) is 16.4. The molecule has 1 atom stereocenters. The summed E-state index contributed by atoms with van der Waals surface area (Å²) in [7, 11) is 3.68. The van der Waals surface area contributed by atoms with E-state index >= 15 is 0 Å². The van der Waals surface area contributed by atoms with Crippen LogP contribution in [0.4, 0.5) is 11.9 Å². The minimum atomic E-state index is -0.139. The SMILES string of the molecule is Cc1cccc(OCc2nnc(SC(C)c3nc(N)nc(N(C)C)n3)o2)c1. The number of rotatable bonds is 7. The molecule has 27 heavy (non-hydrogen) atoms. The number of aryl methyl sites for hydroxylation is 1. The smallest absolute Gasteiger partial charge is 0.277 e. The van der Waals surface area contributed by atoms with Gasteiger partial charge in [0.15, 0.2) is 6.61 Å². The molecule has 0 amide bonds. The predicted octanol–water partition coefficient (Wildman–Crippen LogP) is 2.64. The zero-order chi connectivity index (χ0) is 19.4. The average molecular weight is 387 g/mol. The Labute approximate surface area is 161 Å². The molecule has 9 nitrogen and oxygen atoms in total. The Hall–Kier alpha value is -2.88. The third-order valence-corrected chi connectivity index (χ3v) is 4.43. The lowest BCUT2D eigenvalue weighted by Crippen LogP contribution is -2.16. The summed E-state index contributed by atoms with van der Waals surface area (Å²) in [6.45, 7) is 4.15. The average Bonchev–Trinajstić information content (AvgIpc) is 3.07. The van der Waals surface area contributed by atoms with E-state index in [4.69, 9.17) is 14.9 Å². The Morgan fingerprint density at radius 1 is 1.22 bits per heavy atom. The normalized spacial score (nSPS) is 12.0. The monoisotopic (exact) mass is 387 g/mol. The fourth-order valence-electron chi connectivity index (χ4n) is 2.18. The summed E-state index contributed by atoms with van der Waals surface area (Å²) in [5.74, 6) is 2.38. The molecule has 2 N–H and O–H groups in total. The molecule has 2 aromatic heterocycles. The van der Waals surface area contributed by atoms with Gasteiger partial charge < -0.3 is 19.8 Å². The van der Waals surface area contributed by atoms with Crippen LogP contribution in [-0.2, 0) is 6.61 Å². The second kappa shape index (κ2) is 8.21. The van der Waals surface area contributed by atoms with Crippen LogP contribution in [0.3, 0.4) is 0 Å². The first-order valence-corrected chi connectivity index (χ1v) is 9.16. The molecular formula is C17H21N7O2S. The van der Waals surface area contributed by atoms with Crippen LogP contribution in [0.5, 0.6) is 5.75 Å². The summed E-state index contributed by atoms with van der Waals surface area (Å²) in [6.07, 6.45) is 0. The Morgan fingerprint density at radius 2 is 2.04 bits per heavy atom. The topological polar surface area (TPSA) is 116 Å². The van der Waals surface area contributed by atoms with Crippen LogP contribution >= 0.6 is 11.8 Å². The van der Waals surface area contributed by atoms with E-state index < -0.39 is 0 Å². The molecule has 0 bridgehead atoms. The maximum absolute atomic E-state index is 5.77. The highest BCUT2D eigenvalue weighted by atomic mass is 32.2. The molecule has 0 aliphatic heterocycles. The molecule has 0 aliphatic carbocycles. The number of nitrogens with zero attached hydrogens (tertiary/aromatic N) is 6. The molecule has 3 aromatic rings. The molecular weight excluding hydrogens is 366 g/mol. The first-order chi connectivity index (χ1) is 12.9. The minimum absolute atomic E-state index is 0.139. The van der Waals surface area contributed by atoms with Gasteiger partial charge in [-0.25, -0.2) is 0 Å². The summed E-state index contributed by atoms with van der Waals surface area (Å²) in [4.78, 5) is 14.5. The van der Waals surface area contributed by atoms with E-state index in [9.17, 15) is 0 Å². The van der Waals surface area contributed by atoms with E-state index in [2.05, 4.69) is 25.1 Å². The van der Waals surface area contributed by atoms with Crippen molar-refractivity contribution in [3.63, 3.8) is 0 Å². The Kier molecular flexibility index (Phi) is 5.75. The Morgan fingerprint density at radius 3 is 2.78 bits per heavy atom. The number of aromatic nitrogens is 5. The molecule has 2 heterocycles. The van der Waals surface area contributed by atoms with Crippen molar-refractivity contribution >= 4 is 23.7 Å². The number of thioether (sulfide) groups is 1. The number of ether oxygens (including phenoxy) is 1. The lowest BCUT2D eigenvalue weighted by molar-refractivity contribution is 0.252. The largest absolute Gasteiger partial charge is 0.484 e. The molecule has 0 radical (unpaired) electrons. The number of nitrogen functional groups attached to an aromatic ring is 1. The fourth-order valence-corrected chi connectivity index (χ4v) is 2.92. The summed E-state index contributed by atoms with van der Waals surface area (Å²) in [6, 6.07) is 7.77. The third-order valence-electron chi connectivity index (χ3n) is 3.50. The van der Waals surface area contributed by atoms with Crippen molar-refractivity contribution in [1.29, 1.82) is 0 Å². The predicted molar refractivity (Wildman–Crippen MR) is 103 cm³/mol. The first kappa shape index (κ1) is 18.9. The van der Waals surface area contributed by atoms with Crippen molar-refractivity contribution in [3.05, 3.63) is 41.5 Å². The van der Waals surface area contributed by atoms with E-state index in [1.54, 1.807) is 4.90 Å². The van der Waals surface area contributed by atoms with Gasteiger partial charge in [0.2, 0.25) is 11.9 Å². The summed E-state index contributed by atoms with van der Waals surface area (Å²) in [5, 5.41) is 8.33. The van der Waals surface area contributed by atoms with Gasteiger partial charge in [0.05, 0.1) is 5.25 Å². The van der Waals surface area contributed by atoms with Gasteiger partial charge in [0.1, 0.15) is 11.6 Å². The van der Waals surface area contributed by atoms with Crippen LogP contribution in [0.25, 0.3) is 0 Å². The second-order valence-electron chi connectivity index (χ2n) is 6.07. The summed E-state index contributed by atoms with van der Waals surface area (Å²) < 4.78 is 11.3. The van der Waals surface area contributed by atoms with Gasteiger partial charge in [-0.3, -0.25) is 0 Å². The van der Waals surface area contributed by atoms with Crippen LogP contribution < -0.4 is 15.4 Å². The van der Waals surface area contributed by atoms with E-state index in [-0.39, 0.29) is 17.8 Å². The third kappa shape index (κ3) is 5.07. The minimum Gasteiger partial charge on any atom is -0.484 e. The van der Waals surface area contributed by atoms with E-state index in [1.165, 1.54) is 11.8 Å². The standard InChI is InChI=1S/C17H21N7O2S/c1-10-6-5-7-12(8-10)25-9-13-22-23-17(26-13)27-11(2)14-19-15(18)21-16(20-14)24(3)4/h5-8,11H,9H2,1-4H3,(H2,18,19,20,21). The number of anilines is 2. The van der Waals surface area contributed by atoms with E-state index in [1.807, 2.05) is 52.2 Å². The van der Waals surface area contributed by atoms with Crippen molar-refractivity contribution in [2.45, 2.75) is 30.9 Å². The van der Waals surface area contributed by atoms with Gasteiger partial charge in [-0.1, -0.05) is 23.9 Å². The molecule has 10 heteroatoms. The fraction of sp³-hybridized carbons (Fsp3) is 0.353. The maximum Gasteiger partial charge on any atom is 0.277 e. The van der Waals surface area contributed by atoms with Crippen LogP contribution in [0.2, 0.25) is 0 Å². The van der Waals surface area contributed by atoms with Crippen molar-refractivity contribution in [2.75, 3.05) is 24.7 Å². The Balaban J connectivity index is 1.63. The molecule has 0 spiro atoms. The maximum atomic E-state index is 5.77. The summed E-state index contributed by atoms with van der Waals surface area (Å²) in [5.41, 5.74) is 6.89. The van der Waals surface area contributed by atoms with Crippen molar-refractivity contribution in [1.82, 2.24) is 25.1 Å². The van der Waals surface area contributed by atoms with Gasteiger partial charge in [-0.05, 0) is 31.5 Å². The van der Waals surface area contributed by atoms with Gasteiger partial charge in [-0.15, -0.1) is 10.2 Å². The molecule has 142 valence electrons. The number of hydrogen-bond donors (Lipinski definition) is 1. The second-order valence-corrected chi connectivity index (χ2v) is 7.37. The quantitative estimate of drug-likeness (QED) is 0.606. The highest BCUT2D eigenvalue weighted by Crippen LogP contribution is 2.32. The molecule has 3 rings (SSSR count). The van der Waals surface area contributed by atoms with Crippen molar-refractivity contribution < 1.29 is 9.15 Å². The molecule has 1 unspecified atom stereocenters. The van der Waals surface area contributed by atoms with Crippen molar-refractivity contribution in [3.8, 4) is 5.75 Å². The van der Waals surface area contributed by atoms with Gasteiger partial charge in [-0.2, -0.15) is 15.0 Å². The van der Waals surface area contributed by atoms with E-state index in [0.717, 1.165) is 11.3 Å². The zero-order valence-electron chi connectivity index (χ0n) is 15.6.